The molecule has 0 heterocycles. The van der Waals surface area contributed by atoms with E-state index in [1.807, 2.05) is 0 Å². The van der Waals surface area contributed by atoms with Crippen molar-refractivity contribution >= 4 is 29.4 Å². The van der Waals surface area contributed by atoms with E-state index >= 15 is 0 Å². The minimum Gasteiger partial charge on any atom is -0.481 e. The molecule has 0 atom stereocenters. The van der Waals surface area contributed by atoms with Crippen LogP contribution in [0.2, 0.25) is 5.02 Å². The first kappa shape index (κ1) is 16.0. The van der Waals surface area contributed by atoms with Crippen molar-refractivity contribution < 1.29 is 24.6 Å². The summed E-state index contributed by atoms with van der Waals surface area (Å²) in [5.74, 6) is -2.51. The molecule has 6 nitrogen and oxygen atoms in total. The van der Waals surface area contributed by atoms with Crippen LogP contribution in [0, 0.1) is 0 Å². The van der Waals surface area contributed by atoms with E-state index in [9.17, 15) is 14.4 Å². The number of carbonyl (C=O) groups is 3. The number of nitrogens with zero attached hydrogens (tertiary/aromatic N) is 1. The molecule has 0 bridgehead atoms. The lowest BCUT2D eigenvalue weighted by molar-refractivity contribution is -0.137. The number of hydrogen-bond acceptors (Lipinski definition) is 3. The van der Waals surface area contributed by atoms with Gasteiger partial charge in [0.15, 0.2) is 0 Å². The van der Waals surface area contributed by atoms with Crippen molar-refractivity contribution in [1.82, 2.24) is 4.90 Å². The van der Waals surface area contributed by atoms with Crippen molar-refractivity contribution in [3.05, 3.63) is 34.9 Å². The Bertz CT molecular complexity index is 482. The highest BCUT2D eigenvalue weighted by Crippen LogP contribution is 2.12. The topological polar surface area (TPSA) is 94.9 Å². The van der Waals surface area contributed by atoms with Gasteiger partial charge in [-0.3, -0.25) is 14.4 Å². The van der Waals surface area contributed by atoms with Gasteiger partial charge in [-0.15, -0.1) is 0 Å². The number of halogens is 1. The molecule has 2 N–H and O–H groups in total. The van der Waals surface area contributed by atoms with Gasteiger partial charge in [-0.05, 0) is 24.3 Å². The van der Waals surface area contributed by atoms with E-state index in [0.29, 0.717) is 10.6 Å². The number of carboxylic acids is 2. The molecule has 0 aliphatic rings. The van der Waals surface area contributed by atoms with Gasteiger partial charge in [0.25, 0.3) is 5.91 Å². The maximum atomic E-state index is 12.2. The molecule has 0 spiro atoms. The predicted molar refractivity (Wildman–Crippen MR) is 71.9 cm³/mol. The Morgan fingerprint density at radius 2 is 1.40 bits per heavy atom. The summed E-state index contributed by atoms with van der Waals surface area (Å²) in [6.07, 6.45) is -0.474. The van der Waals surface area contributed by atoms with Crippen molar-refractivity contribution in [3.63, 3.8) is 0 Å². The van der Waals surface area contributed by atoms with E-state index in [1.54, 1.807) is 12.1 Å². The first-order valence-corrected chi connectivity index (χ1v) is 6.26. The first-order chi connectivity index (χ1) is 9.40. The molecular weight excluding hydrogens is 286 g/mol. The second-order valence-corrected chi connectivity index (χ2v) is 4.52. The Morgan fingerprint density at radius 1 is 0.950 bits per heavy atom. The molecule has 1 aromatic rings. The molecule has 0 radical (unpaired) electrons. The lowest BCUT2D eigenvalue weighted by Gasteiger charge is -2.21. The molecule has 0 unspecified atom stereocenters. The molecule has 108 valence electrons. The third kappa shape index (κ3) is 5.27. The summed E-state index contributed by atoms with van der Waals surface area (Å²) in [6.45, 7) is -0.0753. The molecule has 0 saturated carbocycles. The summed E-state index contributed by atoms with van der Waals surface area (Å²) < 4.78 is 0. The van der Waals surface area contributed by atoms with Crippen LogP contribution in [0.4, 0.5) is 0 Å². The number of benzene rings is 1. The minimum atomic E-state index is -1.05. The summed E-state index contributed by atoms with van der Waals surface area (Å²) in [5.41, 5.74) is 0.338. The Labute approximate surface area is 120 Å². The zero-order valence-corrected chi connectivity index (χ0v) is 11.3. The SMILES string of the molecule is O=C(O)CCN(CCC(=O)O)C(=O)c1ccc(Cl)cc1. The van der Waals surface area contributed by atoms with Crippen LogP contribution < -0.4 is 0 Å². The maximum absolute atomic E-state index is 12.2. The fraction of sp³-hybridized carbons (Fsp3) is 0.308. The highest BCUT2D eigenvalue weighted by atomic mass is 35.5. The maximum Gasteiger partial charge on any atom is 0.305 e. The van der Waals surface area contributed by atoms with E-state index in [0.717, 1.165) is 0 Å². The quantitative estimate of drug-likeness (QED) is 0.799. The van der Waals surface area contributed by atoms with Gasteiger partial charge in [0.2, 0.25) is 0 Å². The average molecular weight is 300 g/mol. The van der Waals surface area contributed by atoms with Gasteiger partial charge in [0.1, 0.15) is 0 Å². The Morgan fingerprint density at radius 3 is 1.80 bits per heavy atom. The lowest BCUT2D eigenvalue weighted by atomic mass is 10.2. The van der Waals surface area contributed by atoms with Crippen LogP contribution in [0.15, 0.2) is 24.3 Å². The Kier molecular flexibility index (Phi) is 5.99. The van der Waals surface area contributed by atoms with E-state index < -0.39 is 17.8 Å². The molecule has 1 aromatic carbocycles. The summed E-state index contributed by atoms with van der Waals surface area (Å²) in [7, 11) is 0. The number of carboxylic acid groups (broad SMARTS) is 2. The molecule has 1 rings (SSSR count). The monoisotopic (exact) mass is 299 g/mol. The zero-order valence-electron chi connectivity index (χ0n) is 10.6. The summed E-state index contributed by atoms with van der Waals surface area (Å²) in [6, 6.07) is 6.11. The van der Waals surface area contributed by atoms with Crippen LogP contribution >= 0.6 is 11.6 Å². The fourth-order valence-electron chi connectivity index (χ4n) is 1.55. The number of rotatable bonds is 7. The second kappa shape index (κ2) is 7.49. The highest BCUT2D eigenvalue weighted by Gasteiger charge is 2.17. The number of amides is 1. The standard InChI is InChI=1S/C13H14ClNO5/c14-10-3-1-9(2-4-10)13(20)15(7-5-11(16)17)8-6-12(18)19/h1-4H,5-8H2,(H,16,17)(H,18,19). The average Bonchev–Trinajstić information content (AvgIpc) is 2.38. The summed E-state index contributed by atoms with van der Waals surface area (Å²) >= 11 is 5.72. The predicted octanol–water partition coefficient (Wildman–Crippen LogP) is 1.73. The van der Waals surface area contributed by atoms with Crippen LogP contribution in [0.1, 0.15) is 23.2 Å². The molecule has 0 aliphatic carbocycles. The Balaban J connectivity index is 2.78. The van der Waals surface area contributed by atoms with Crippen LogP contribution in [0.5, 0.6) is 0 Å². The molecule has 0 aromatic heterocycles. The van der Waals surface area contributed by atoms with Crippen molar-refractivity contribution in [2.45, 2.75) is 12.8 Å². The van der Waals surface area contributed by atoms with Crippen molar-refractivity contribution in [1.29, 1.82) is 0 Å². The third-order valence-corrected chi connectivity index (χ3v) is 2.82. The third-order valence-electron chi connectivity index (χ3n) is 2.57. The van der Waals surface area contributed by atoms with Gasteiger partial charge in [-0.2, -0.15) is 0 Å². The van der Waals surface area contributed by atoms with Gasteiger partial charge in [0.05, 0.1) is 12.8 Å². The van der Waals surface area contributed by atoms with Crippen molar-refractivity contribution in [2.24, 2.45) is 0 Å². The number of carbonyl (C=O) groups excluding carboxylic acids is 1. The van der Waals surface area contributed by atoms with Crippen LogP contribution in [0.25, 0.3) is 0 Å². The number of hydrogen-bond donors (Lipinski definition) is 2. The fourth-order valence-corrected chi connectivity index (χ4v) is 1.68. The van der Waals surface area contributed by atoms with Gasteiger partial charge >= 0.3 is 11.9 Å². The molecular formula is C13H14ClNO5. The first-order valence-electron chi connectivity index (χ1n) is 5.88. The van der Waals surface area contributed by atoms with Crippen LogP contribution in [-0.2, 0) is 9.59 Å². The van der Waals surface area contributed by atoms with Gasteiger partial charge in [-0.25, -0.2) is 0 Å². The van der Waals surface area contributed by atoms with E-state index in [2.05, 4.69) is 0 Å². The second-order valence-electron chi connectivity index (χ2n) is 4.09. The highest BCUT2D eigenvalue weighted by molar-refractivity contribution is 6.30. The molecule has 20 heavy (non-hydrogen) atoms. The zero-order chi connectivity index (χ0) is 15.1. The molecule has 1 amide bonds. The summed E-state index contributed by atoms with van der Waals surface area (Å²) in [4.78, 5) is 34.5. The van der Waals surface area contributed by atoms with E-state index in [-0.39, 0.29) is 25.9 Å². The lowest BCUT2D eigenvalue weighted by Crippen LogP contribution is -2.34. The Hall–Kier alpha value is -2.08. The summed E-state index contributed by atoms with van der Waals surface area (Å²) in [5, 5.41) is 17.8. The van der Waals surface area contributed by atoms with Gasteiger partial charge in [-0.1, -0.05) is 11.6 Å². The van der Waals surface area contributed by atoms with E-state index in [4.69, 9.17) is 21.8 Å². The van der Waals surface area contributed by atoms with Crippen molar-refractivity contribution in [3.8, 4) is 0 Å². The van der Waals surface area contributed by atoms with Gasteiger partial charge < -0.3 is 15.1 Å². The minimum absolute atomic E-state index is 0.0376. The smallest absolute Gasteiger partial charge is 0.305 e. The molecule has 0 fully saturated rings. The molecule has 0 saturated heterocycles. The number of aliphatic carboxylic acids is 2. The van der Waals surface area contributed by atoms with Gasteiger partial charge in [0, 0.05) is 23.7 Å². The largest absolute Gasteiger partial charge is 0.481 e. The van der Waals surface area contributed by atoms with E-state index in [1.165, 1.54) is 17.0 Å². The van der Waals surface area contributed by atoms with Crippen LogP contribution in [0.3, 0.4) is 0 Å². The molecule has 0 aliphatic heterocycles. The normalized spacial score (nSPS) is 10.1. The van der Waals surface area contributed by atoms with Crippen molar-refractivity contribution in [2.75, 3.05) is 13.1 Å². The molecule has 7 heteroatoms. The van der Waals surface area contributed by atoms with Crippen LogP contribution in [-0.4, -0.2) is 46.0 Å².